The third-order valence-electron chi connectivity index (χ3n) is 6.48. The number of nitrogens with one attached hydrogen (secondary N) is 1. The molecule has 2 aromatic carbocycles. The number of carbonyl (C=O) groups is 1. The monoisotopic (exact) mass is 467 g/mol. The average molecular weight is 468 g/mol. The molecule has 2 aliphatic rings. The molecule has 0 unspecified atom stereocenters. The number of rotatable bonds is 7. The van der Waals surface area contributed by atoms with Crippen molar-refractivity contribution in [1.82, 2.24) is 15.5 Å². The summed E-state index contributed by atoms with van der Waals surface area (Å²) in [5.41, 5.74) is 1.95. The van der Waals surface area contributed by atoms with Crippen molar-refractivity contribution in [1.29, 1.82) is 0 Å². The van der Waals surface area contributed by atoms with Gasteiger partial charge in [-0.2, -0.15) is 4.98 Å². The maximum absolute atomic E-state index is 12.6. The van der Waals surface area contributed by atoms with Crippen molar-refractivity contribution in [3.63, 3.8) is 0 Å². The van der Waals surface area contributed by atoms with Crippen LogP contribution in [0.15, 0.2) is 47.0 Å². The molecule has 1 aromatic heterocycles. The summed E-state index contributed by atoms with van der Waals surface area (Å²) in [4.78, 5) is 17.0. The van der Waals surface area contributed by atoms with Gasteiger partial charge in [0.1, 0.15) is 13.2 Å². The predicted molar refractivity (Wildman–Crippen MR) is 124 cm³/mol. The second-order valence-electron chi connectivity index (χ2n) is 8.64. The quantitative estimate of drug-likeness (QED) is 0.541. The van der Waals surface area contributed by atoms with Crippen molar-refractivity contribution >= 4 is 17.5 Å². The van der Waals surface area contributed by atoms with E-state index < -0.39 is 0 Å². The Morgan fingerprint density at radius 3 is 2.58 bits per heavy atom. The van der Waals surface area contributed by atoms with Gasteiger partial charge in [-0.3, -0.25) is 4.79 Å². The molecule has 2 heterocycles. The Morgan fingerprint density at radius 2 is 1.79 bits per heavy atom. The van der Waals surface area contributed by atoms with Crippen LogP contribution in [0.5, 0.6) is 11.5 Å². The van der Waals surface area contributed by atoms with Gasteiger partial charge in [-0.25, -0.2) is 0 Å². The van der Waals surface area contributed by atoms with Gasteiger partial charge in [-0.1, -0.05) is 35.7 Å². The molecule has 1 aliphatic carbocycles. The number of benzene rings is 2. The molecule has 0 spiro atoms. The zero-order valence-electron chi connectivity index (χ0n) is 18.3. The SMILES string of the molecule is O=C(CCc1nc(-c2ccc(Cl)cc2)no1)NCC1(c2ccc3c(c2)OCCO3)CCCC1. The van der Waals surface area contributed by atoms with Gasteiger partial charge in [0.25, 0.3) is 0 Å². The Labute approximate surface area is 197 Å². The van der Waals surface area contributed by atoms with E-state index in [0.717, 1.165) is 42.7 Å². The molecule has 1 N–H and O–H groups in total. The zero-order valence-corrected chi connectivity index (χ0v) is 19.1. The summed E-state index contributed by atoms with van der Waals surface area (Å²) >= 11 is 5.93. The van der Waals surface area contributed by atoms with Gasteiger partial charge in [0, 0.05) is 35.4 Å². The molecule has 33 heavy (non-hydrogen) atoms. The van der Waals surface area contributed by atoms with Gasteiger partial charge in [-0.05, 0) is 54.8 Å². The number of aryl methyl sites for hydroxylation is 1. The van der Waals surface area contributed by atoms with E-state index in [4.69, 9.17) is 25.6 Å². The maximum atomic E-state index is 12.6. The van der Waals surface area contributed by atoms with Gasteiger partial charge >= 0.3 is 0 Å². The van der Waals surface area contributed by atoms with E-state index in [0.29, 0.717) is 49.3 Å². The van der Waals surface area contributed by atoms with Gasteiger partial charge < -0.3 is 19.3 Å². The first kappa shape index (κ1) is 21.8. The molecule has 0 radical (unpaired) electrons. The largest absolute Gasteiger partial charge is 0.486 e. The van der Waals surface area contributed by atoms with Crippen LogP contribution in [0.1, 0.15) is 43.6 Å². The minimum Gasteiger partial charge on any atom is -0.486 e. The van der Waals surface area contributed by atoms with Gasteiger partial charge in [0.15, 0.2) is 11.5 Å². The van der Waals surface area contributed by atoms with Crippen LogP contribution in [-0.4, -0.2) is 35.8 Å². The van der Waals surface area contributed by atoms with Crippen molar-refractivity contribution in [3.8, 4) is 22.9 Å². The second-order valence-corrected chi connectivity index (χ2v) is 9.08. The molecule has 3 aromatic rings. The maximum Gasteiger partial charge on any atom is 0.227 e. The number of ether oxygens (including phenoxy) is 2. The Balaban J connectivity index is 1.19. The first-order valence-corrected chi connectivity index (χ1v) is 11.7. The Morgan fingerprint density at radius 1 is 1.03 bits per heavy atom. The third kappa shape index (κ3) is 4.83. The van der Waals surface area contributed by atoms with Crippen molar-refractivity contribution < 1.29 is 18.8 Å². The number of halogens is 1. The van der Waals surface area contributed by atoms with Crippen LogP contribution in [0.3, 0.4) is 0 Å². The van der Waals surface area contributed by atoms with E-state index in [1.165, 1.54) is 5.56 Å². The predicted octanol–water partition coefficient (Wildman–Crippen LogP) is 4.72. The highest BCUT2D eigenvalue weighted by atomic mass is 35.5. The lowest BCUT2D eigenvalue weighted by Crippen LogP contribution is -2.39. The van der Waals surface area contributed by atoms with E-state index in [-0.39, 0.29) is 11.3 Å². The van der Waals surface area contributed by atoms with E-state index in [2.05, 4.69) is 27.6 Å². The molecule has 7 nitrogen and oxygen atoms in total. The molecule has 1 fully saturated rings. The van der Waals surface area contributed by atoms with Crippen LogP contribution in [-0.2, 0) is 16.6 Å². The molecule has 1 amide bonds. The van der Waals surface area contributed by atoms with Crippen LogP contribution in [0, 0.1) is 0 Å². The molecule has 1 aliphatic heterocycles. The van der Waals surface area contributed by atoms with Crippen LogP contribution < -0.4 is 14.8 Å². The highest BCUT2D eigenvalue weighted by molar-refractivity contribution is 6.30. The van der Waals surface area contributed by atoms with Crippen LogP contribution in [0.2, 0.25) is 5.02 Å². The third-order valence-corrected chi connectivity index (χ3v) is 6.73. The summed E-state index contributed by atoms with van der Waals surface area (Å²) in [6.45, 7) is 1.75. The molecule has 0 atom stereocenters. The number of amides is 1. The van der Waals surface area contributed by atoms with E-state index in [9.17, 15) is 4.79 Å². The number of aromatic nitrogens is 2. The second kappa shape index (κ2) is 9.43. The molecule has 172 valence electrons. The highest BCUT2D eigenvalue weighted by Gasteiger charge is 2.36. The van der Waals surface area contributed by atoms with Crippen LogP contribution >= 0.6 is 11.6 Å². The molecular weight excluding hydrogens is 442 g/mol. The van der Waals surface area contributed by atoms with Crippen molar-refractivity contribution in [2.45, 2.75) is 43.9 Å². The fourth-order valence-corrected chi connectivity index (χ4v) is 4.77. The molecule has 8 heteroatoms. The number of hydrogen-bond acceptors (Lipinski definition) is 6. The van der Waals surface area contributed by atoms with Crippen LogP contribution in [0.4, 0.5) is 0 Å². The summed E-state index contributed by atoms with van der Waals surface area (Å²) in [6, 6.07) is 13.4. The molecule has 1 saturated carbocycles. The topological polar surface area (TPSA) is 86.5 Å². The zero-order chi connectivity index (χ0) is 22.7. The molecular formula is C25H26ClN3O4. The number of fused-ring (bicyclic) bond motifs is 1. The Kier molecular flexibility index (Phi) is 6.22. The lowest BCUT2D eigenvalue weighted by Gasteiger charge is -2.31. The van der Waals surface area contributed by atoms with Crippen molar-refractivity contribution in [3.05, 3.63) is 58.9 Å². The van der Waals surface area contributed by atoms with Crippen molar-refractivity contribution in [2.75, 3.05) is 19.8 Å². The number of carbonyl (C=O) groups excluding carboxylic acids is 1. The first-order chi connectivity index (χ1) is 16.1. The highest BCUT2D eigenvalue weighted by Crippen LogP contribution is 2.43. The summed E-state index contributed by atoms with van der Waals surface area (Å²) in [7, 11) is 0. The van der Waals surface area contributed by atoms with Gasteiger partial charge in [0.2, 0.25) is 17.6 Å². The smallest absolute Gasteiger partial charge is 0.227 e. The average Bonchev–Trinajstić information content (AvgIpc) is 3.52. The lowest BCUT2D eigenvalue weighted by molar-refractivity contribution is -0.121. The molecule has 5 rings (SSSR count). The number of hydrogen-bond donors (Lipinski definition) is 1. The van der Waals surface area contributed by atoms with Gasteiger partial charge in [-0.15, -0.1) is 0 Å². The van der Waals surface area contributed by atoms with Crippen LogP contribution in [0.25, 0.3) is 11.4 Å². The fourth-order valence-electron chi connectivity index (χ4n) is 4.64. The first-order valence-electron chi connectivity index (χ1n) is 11.4. The number of nitrogens with zero attached hydrogens (tertiary/aromatic N) is 2. The van der Waals surface area contributed by atoms with E-state index >= 15 is 0 Å². The summed E-state index contributed by atoms with van der Waals surface area (Å²) < 4.78 is 16.8. The molecule has 0 saturated heterocycles. The summed E-state index contributed by atoms with van der Waals surface area (Å²) in [6.07, 6.45) is 5.07. The van der Waals surface area contributed by atoms with Crippen molar-refractivity contribution in [2.24, 2.45) is 0 Å². The summed E-state index contributed by atoms with van der Waals surface area (Å²) in [5, 5.41) is 7.80. The van der Waals surface area contributed by atoms with E-state index in [1.54, 1.807) is 12.1 Å². The summed E-state index contributed by atoms with van der Waals surface area (Å²) in [5.74, 6) is 2.50. The molecule has 0 bridgehead atoms. The normalized spacial score (nSPS) is 16.5. The lowest BCUT2D eigenvalue weighted by atomic mass is 9.78. The van der Waals surface area contributed by atoms with Gasteiger partial charge in [0.05, 0.1) is 0 Å². The Hall–Kier alpha value is -3.06. The van der Waals surface area contributed by atoms with E-state index in [1.807, 2.05) is 18.2 Å². The fraction of sp³-hybridized carbons (Fsp3) is 0.400. The Bertz CT molecular complexity index is 1120. The minimum atomic E-state index is -0.0717. The standard InChI is InChI=1S/C25H26ClN3O4/c26-19-6-3-17(4-7-19)24-28-23(33-29-24)10-9-22(30)27-16-25(11-1-2-12-25)18-5-8-20-21(15-18)32-14-13-31-20/h3-8,15H,1-2,9-14,16H2,(H,27,30). The minimum absolute atomic E-state index is 0.0231.